The molecule has 0 spiro atoms. The molecule has 0 unspecified atom stereocenters. The van der Waals surface area contributed by atoms with Gasteiger partial charge in [-0.25, -0.2) is 4.79 Å². The first-order valence-corrected chi connectivity index (χ1v) is 10.4. The van der Waals surface area contributed by atoms with Crippen molar-refractivity contribution in [2.45, 2.75) is 27.7 Å². The van der Waals surface area contributed by atoms with Gasteiger partial charge in [0.2, 0.25) is 0 Å². The van der Waals surface area contributed by atoms with Gasteiger partial charge in [-0.3, -0.25) is 4.18 Å². The van der Waals surface area contributed by atoms with Crippen molar-refractivity contribution in [2.24, 2.45) is 10.8 Å². The standard InChI is InChI=1S/C18H27ClO7S/c1-17(2,18(3,4)11-26-27(7,21)22)10-25-16(20)14-13(23-5)9-8-12(19)15(14)24-6/h8-9H,10-11H2,1-7H3. The highest BCUT2D eigenvalue weighted by Gasteiger charge is 2.40. The molecule has 0 aliphatic heterocycles. The molecule has 27 heavy (non-hydrogen) atoms. The molecule has 0 bridgehead atoms. The van der Waals surface area contributed by atoms with Crippen molar-refractivity contribution in [2.75, 3.05) is 33.7 Å². The molecule has 1 rings (SSSR count). The van der Waals surface area contributed by atoms with Gasteiger partial charge in [-0.1, -0.05) is 39.3 Å². The first kappa shape index (κ1) is 23.5. The van der Waals surface area contributed by atoms with E-state index in [0.717, 1.165) is 6.26 Å². The average molecular weight is 423 g/mol. The summed E-state index contributed by atoms with van der Waals surface area (Å²) in [6.45, 7) is 7.38. The average Bonchev–Trinajstić information content (AvgIpc) is 2.57. The number of ether oxygens (including phenoxy) is 3. The molecule has 0 aliphatic rings. The topological polar surface area (TPSA) is 88.1 Å². The normalized spacial score (nSPS) is 12.6. The fraction of sp³-hybridized carbons (Fsp3) is 0.611. The Morgan fingerprint density at radius 1 is 1.04 bits per heavy atom. The van der Waals surface area contributed by atoms with Crippen molar-refractivity contribution in [3.8, 4) is 11.5 Å². The van der Waals surface area contributed by atoms with Gasteiger partial charge in [0.1, 0.15) is 11.3 Å². The Kier molecular flexibility index (Phi) is 7.55. The molecule has 0 heterocycles. The second-order valence-electron chi connectivity index (χ2n) is 7.47. The minimum absolute atomic E-state index is 0.0186. The Bertz CT molecular complexity index is 785. The summed E-state index contributed by atoms with van der Waals surface area (Å²) in [5.41, 5.74) is -1.10. The lowest BCUT2D eigenvalue weighted by atomic mass is 9.69. The molecule has 0 saturated heterocycles. The van der Waals surface area contributed by atoms with Crippen LogP contribution in [-0.4, -0.2) is 48.1 Å². The Balaban J connectivity index is 3.00. The van der Waals surface area contributed by atoms with E-state index >= 15 is 0 Å². The zero-order valence-corrected chi connectivity index (χ0v) is 18.3. The molecule has 9 heteroatoms. The van der Waals surface area contributed by atoms with E-state index in [1.54, 1.807) is 12.1 Å². The molecule has 7 nitrogen and oxygen atoms in total. The predicted molar refractivity (Wildman–Crippen MR) is 103 cm³/mol. The molecule has 0 fully saturated rings. The number of benzene rings is 1. The molecule has 154 valence electrons. The minimum atomic E-state index is -3.57. The van der Waals surface area contributed by atoms with E-state index in [1.165, 1.54) is 14.2 Å². The third-order valence-electron chi connectivity index (χ3n) is 4.73. The Morgan fingerprint density at radius 2 is 1.59 bits per heavy atom. The summed E-state index contributed by atoms with van der Waals surface area (Å²) in [5, 5.41) is 0.256. The molecule has 1 aromatic rings. The van der Waals surface area contributed by atoms with E-state index in [9.17, 15) is 13.2 Å². The van der Waals surface area contributed by atoms with Crippen LogP contribution in [0.1, 0.15) is 38.1 Å². The van der Waals surface area contributed by atoms with Crippen molar-refractivity contribution in [1.29, 1.82) is 0 Å². The second-order valence-corrected chi connectivity index (χ2v) is 9.52. The molecular formula is C18H27ClO7S. The molecule has 0 aromatic heterocycles. The van der Waals surface area contributed by atoms with Crippen molar-refractivity contribution in [1.82, 2.24) is 0 Å². The van der Waals surface area contributed by atoms with Gasteiger partial charge >= 0.3 is 5.97 Å². The van der Waals surface area contributed by atoms with Crippen LogP contribution in [0.25, 0.3) is 0 Å². The predicted octanol–water partition coefficient (Wildman–Crippen LogP) is 3.54. The lowest BCUT2D eigenvalue weighted by Gasteiger charge is -2.40. The van der Waals surface area contributed by atoms with E-state index in [-0.39, 0.29) is 35.3 Å². The van der Waals surface area contributed by atoms with E-state index in [0.29, 0.717) is 0 Å². The SMILES string of the molecule is COc1ccc(Cl)c(OC)c1C(=O)OCC(C)(C)C(C)(C)COS(C)(=O)=O. The number of carbonyl (C=O) groups is 1. The smallest absolute Gasteiger partial charge is 0.345 e. The Labute approximate surface area is 166 Å². The van der Waals surface area contributed by atoms with E-state index in [1.807, 2.05) is 27.7 Å². The molecule has 0 radical (unpaired) electrons. The third-order valence-corrected chi connectivity index (χ3v) is 5.57. The molecule has 0 aliphatic carbocycles. The summed E-state index contributed by atoms with van der Waals surface area (Å²) in [6.07, 6.45) is 0.994. The lowest BCUT2D eigenvalue weighted by molar-refractivity contribution is -0.0176. The third kappa shape index (κ3) is 5.99. The zero-order valence-electron chi connectivity index (χ0n) is 16.7. The summed E-state index contributed by atoms with van der Waals surface area (Å²) >= 11 is 6.09. The highest BCUT2D eigenvalue weighted by atomic mass is 35.5. The van der Waals surface area contributed by atoms with Gasteiger partial charge in [-0.15, -0.1) is 0 Å². The fourth-order valence-electron chi connectivity index (χ4n) is 2.07. The Hall–Kier alpha value is -1.51. The quantitative estimate of drug-likeness (QED) is 0.444. The molecule has 0 N–H and O–H groups in total. The lowest BCUT2D eigenvalue weighted by Crippen LogP contribution is -2.41. The van der Waals surface area contributed by atoms with Gasteiger partial charge in [0, 0.05) is 5.41 Å². The summed E-state index contributed by atoms with van der Waals surface area (Å²) in [4.78, 5) is 12.7. The van der Waals surface area contributed by atoms with Crippen LogP contribution in [0.2, 0.25) is 5.02 Å². The number of carbonyl (C=O) groups excluding carboxylic acids is 1. The number of rotatable bonds is 9. The van der Waals surface area contributed by atoms with Gasteiger partial charge in [-0.05, 0) is 17.5 Å². The van der Waals surface area contributed by atoms with Crippen LogP contribution in [0.4, 0.5) is 0 Å². The second kappa shape index (κ2) is 8.67. The first-order valence-electron chi connectivity index (χ1n) is 8.18. The van der Waals surface area contributed by atoms with Gasteiger partial charge < -0.3 is 14.2 Å². The molecule has 0 saturated carbocycles. The summed E-state index contributed by atoms with van der Waals surface area (Å²) in [6, 6.07) is 3.11. The van der Waals surface area contributed by atoms with Crippen molar-refractivity contribution in [3.63, 3.8) is 0 Å². The van der Waals surface area contributed by atoms with Crippen LogP contribution in [0.5, 0.6) is 11.5 Å². The van der Waals surface area contributed by atoms with Gasteiger partial charge in [0.15, 0.2) is 5.75 Å². The maximum Gasteiger partial charge on any atom is 0.345 e. The molecule has 0 atom stereocenters. The summed E-state index contributed by atoms with van der Waals surface area (Å²) < 4.78 is 43.4. The molecule has 0 amide bonds. The number of hydrogen-bond acceptors (Lipinski definition) is 7. The zero-order chi connectivity index (χ0) is 21.0. The van der Waals surface area contributed by atoms with E-state index in [4.69, 9.17) is 30.0 Å². The highest BCUT2D eigenvalue weighted by Crippen LogP contribution is 2.40. The summed E-state index contributed by atoms with van der Waals surface area (Å²) in [7, 11) is -0.749. The fourth-order valence-corrected chi connectivity index (χ4v) is 2.81. The minimum Gasteiger partial charge on any atom is -0.496 e. The largest absolute Gasteiger partial charge is 0.496 e. The van der Waals surface area contributed by atoms with Gasteiger partial charge in [0.25, 0.3) is 10.1 Å². The van der Waals surface area contributed by atoms with E-state index < -0.39 is 26.9 Å². The Morgan fingerprint density at radius 3 is 2.07 bits per heavy atom. The number of hydrogen-bond donors (Lipinski definition) is 0. The highest BCUT2D eigenvalue weighted by molar-refractivity contribution is 7.85. The monoisotopic (exact) mass is 422 g/mol. The molecule has 1 aromatic carbocycles. The number of methoxy groups -OCH3 is 2. The van der Waals surface area contributed by atoms with Crippen LogP contribution >= 0.6 is 11.6 Å². The number of halogens is 1. The van der Waals surface area contributed by atoms with Crippen molar-refractivity contribution in [3.05, 3.63) is 22.7 Å². The van der Waals surface area contributed by atoms with Crippen LogP contribution < -0.4 is 9.47 Å². The summed E-state index contributed by atoms with van der Waals surface area (Å²) in [5.74, 6) is -0.212. The number of esters is 1. The maximum atomic E-state index is 12.7. The van der Waals surface area contributed by atoms with Crippen LogP contribution in [0.3, 0.4) is 0 Å². The first-order chi connectivity index (χ1) is 12.3. The van der Waals surface area contributed by atoms with Gasteiger partial charge in [0.05, 0.1) is 38.7 Å². The van der Waals surface area contributed by atoms with Crippen LogP contribution in [0, 0.1) is 10.8 Å². The van der Waals surface area contributed by atoms with Crippen LogP contribution in [-0.2, 0) is 19.0 Å². The maximum absolute atomic E-state index is 12.7. The van der Waals surface area contributed by atoms with Crippen molar-refractivity contribution < 1.29 is 31.6 Å². The molecular weight excluding hydrogens is 396 g/mol. The van der Waals surface area contributed by atoms with Gasteiger partial charge in [-0.2, -0.15) is 8.42 Å². The van der Waals surface area contributed by atoms with E-state index in [2.05, 4.69) is 0 Å². The van der Waals surface area contributed by atoms with Crippen LogP contribution in [0.15, 0.2) is 12.1 Å². The van der Waals surface area contributed by atoms with Crippen molar-refractivity contribution >= 4 is 27.7 Å².